The van der Waals surface area contributed by atoms with Gasteiger partial charge in [-0.1, -0.05) is 18.2 Å². The Morgan fingerprint density at radius 1 is 1.25 bits per heavy atom. The number of carbonyl (C=O) groups is 1. The van der Waals surface area contributed by atoms with Crippen molar-refractivity contribution in [3.63, 3.8) is 0 Å². The number of para-hydroxylation sites is 1. The topological polar surface area (TPSA) is 77.6 Å². The summed E-state index contributed by atoms with van der Waals surface area (Å²) in [4.78, 5) is 16.1. The molecule has 0 spiro atoms. The molecule has 2 rings (SSSR count). The zero-order valence-corrected chi connectivity index (χ0v) is 15.1. The molecule has 6 heteroatoms. The Kier molecular flexibility index (Phi) is 6.20. The average molecular weight is 331 g/mol. The van der Waals surface area contributed by atoms with Gasteiger partial charge in [0, 0.05) is 50.2 Å². The molecule has 0 radical (unpaired) electrons. The fourth-order valence-electron chi connectivity index (χ4n) is 2.74. The van der Waals surface area contributed by atoms with Crippen molar-refractivity contribution in [2.45, 2.75) is 38.6 Å². The van der Waals surface area contributed by atoms with Gasteiger partial charge in [0.2, 0.25) is 5.91 Å². The molecule has 0 aromatic heterocycles. The molecular weight excluding hydrogens is 302 g/mol. The molecule has 6 nitrogen and oxygen atoms in total. The number of aliphatic imine (C=N–C) groups is 1. The SMILES string of the molecule is CN=C(NCCNC(C)(C)C)NCC1CC(=O)Nc2ccccc21. The van der Waals surface area contributed by atoms with Crippen LogP contribution in [0.4, 0.5) is 5.69 Å². The zero-order valence-electron chi connectivity index (χ0n) is 15.1. The van der Waals surface area contributed by atoms with Crippen molar-refractivity contribution in [2.24, 2.45) is 4.99 Å². The fourth-order valence-corrected chi connectivity index (χ4v) is 2.74. The van der Waals surface area contributed by atoms with Gasteiger partial charge in [-0.25, -0.2) is 0 Å². The predicted molar refractivity (Wildman–Crippen MR) is 99.5 cm³/mol. The van der Waals surface area contributed by atoms with Gasteiger partial charge in [0.1, 0.15) is 0 Å². The molecule has 0 saturated heterocycles. The molecule has 1 amide bonds. The van der Waals surface area contributed by atoms with E-state index < -0.39 is 0 Å². The summed E-state index contributed by atoms with van der Waals surface area (Å²) in [6.07, 6.45) is 0.493. The van der Waals surface area contributed by atoms with Crippen molar-refractivity contribution in [2.75, 3.05) is 32.0 Å². The number of carbonyl (C=O) groups excluding carboxylic acids is 1. The largest absolute Gasteiger partial charge is 0.356 e. The minimum atomic E-state index is 0.0674. The molecule has 1 unspecified atom stereocenters. The highest BCUT2D eigenvalue weighted by molar-refractivity contribution is 5.94. The van der Waals surface area contributed by atoms with Gasteiger partial charge in [0.25, 0.3) is 0 Å². The maximum Gasteiger partial charge on any atom is 0.225 e. The van der Waals surface area contributed by atoms with Crippen molar-refractivity contribution < 1.29 is 4.79 Å². The van der Waals surface area contributed by atoms with Gasteiger partial charge in [-0.05, 0) is 32.4 Å². The quantitative estimate of drug-likeness (QED) is 0.376. The first-order valence-corrected chi connectivity index (χ1v) is 8.47. The van der Waals surface area contributed by atoms with E-state index in [0.29, 0.717) is 13.0 Å². The van der Waals surface area contributed by atoms with E-state index in [1.54, 1.807) is 7.05 Å². The standard InChI is InChI=1S/C18H29N5O/c1-18(2,3)22-10-9-20-17(19-4)21-12-13-11-16(24)23-15-8-6-5-7-14(13)15/h5-8,13,22H,9-12H2,1-4H3,(H,23,24)(H2,19,20,21). The highest BCUT2D eigenvalue weighted by atomic mass is 16.1. The molecule has 1 atom stereocenters. The van der Waals surface area contributed by atoms with Crippen LogP contribution in [0.3, 0.4) is 0 Å². The first-order chi connectivity index (χ1) is 11.4. The smallest absolute Gasteiger partial charge is 0.225 e. The Morgan fingerprint density at radius 2 is 2.00 bits per heavy atom. The summed E-state index contributed by atoms with van der Waals surface area (Å²) in [5, 5.41) is 13.0. The summed E-state index contributed by atoms with van der Waals surface area (Å²) < 4.78 is 0. The summed E-state index contributed by atoms with van der Waals surface area (Å²) in [6, 6.07) is 7.97. The van der Waals surface area contributed by atoms with Crippen LogP contribution in [0.15, 0.2) is 29.3 Å². The molecular formula is C18H29N5O. The molecule has 1 heterocycles. The fraction of sp³-hybridized carbons (Fsp3) is 0.556. The van der Waals surface area contributed by atoms with Crippen LogP contribution in [0.2, 0.25) is 0 Å². The highest BCUT2D eigenvalue weighted by Gasteiger charge is 2.24. The van der Waals surface area contributed by atoms with Gasteiger partial charge >= 0.3 is 0 Å². The molecule has 24 heavy (non-hydrogen) atoms. The van der Waals surface area contributed by atoms with Crippen molar-refractivity contribution in [3.05, 3.63) is 29.8 Å². The second-order valence-corrected chi connectivity index (χ2v) is 7.09. The van der Waals surface area contributed by atoms with Crippen molar-refractivity contribution >= 4 is 17.6 Å². The van der Waals surface area contributed by atoms with Crippen molar-refractivity contribution in [1.29, 1.82) is 0 Å². The van der Waals surface area contributed by atoms with Crippen LogP contribution in [0.5, 0.6) is 0 Å². The second kappa shape index (κ2) is 8.15. The number of amides is 1. The average Bonchev–Trinajstić information content (AvgIpc) is 2.52. The second-order valence-electron chi connectivity index (χ2n) is 7.09. The summed E-state index contributed by atoms with van der Waals surface area (Å²) in [5.74, 6) is 0.980. The summed E-state index contributed by atoms with van der Waals surface area (Å²) in [7, 11) is 1.76. The lowest BCUT2D eigenvalue weighted by Crippen LogP contribution is -2.45. The number of nitrogens with one attached hydrogen (secondary N) is 4. The number of hydrogen-bond acceptors (Lipinski definition) is 3. The lowest BCUT2D eigenvalue weighted by Gasteiger charge is -2.26. The van der Waals surface area contributed by atoms with Crippen molar-refractivity contribution in [1.82, 2.24) is 16.0 Å². The van der Waals surface area contributed by atoms with Crippen LogP contribution in [-0.2, 0) is 4.79 Å². The third kappa shape index (κ3) is 5.53. The third-order valence-corrected chi connectivity index (χ3v) is 3.92. The lowest BCUT2D eigenvalue weighted by atomic mass is 9.90. The number of fused-ring (bicyclic) bond motifs is 1. The van der Waals surface area contributed by atoms with E-state index in [2.05, 4.69) is 53.1 Å². The summed E-state index contributed by atoms with van der Waals surface area (Å²) in [6.45, 7) is 8.76. The van der Waals surface area contributed by atoms with Crippen molar-refractivity contribution in [3.8, 4) is 0 Å². The normalized spacial score (nSPS) is 17.9. The Labute approximate surface area is 144 Å². The molecule has 4 N–H and O–H groups in total. The minimum absolute atomic E-state index is 0.0674. The molecule has 1 aromatic rings. The zero-order chi connectivity index (χ0) is 17.6. The highest BCUT2D eigenvalue weighted by Crippen LogP contribution is 2.31. The van der Waals surface area contributed by atoms with E-state index in [9.17, 15) is 4.79 Å². The van der Waals surface area contributed by atoms with Crippen LogP contribution in [0.1, 0.15) is 38.7 Å². The summed E-state index contributed by atoms with van der Waals surface area (Å²) >= 11 is 0. The maximum atomic E-state index is 11.9. The molecule has 1 aliphatic rings. The molecule has 1 aromatic carbocycles. The third-order valence-electron chi connectivity index (χ3n) is 3.92. The van der Waals surface area contributed by atoms with Gasteiger partial charge < -0.3 is 21.3 Å². The van der Waals surface area contributed by atoms with E-state index in [-0.39, 0.29) is 17.4 Å². The Bertz CT molecular complexity index is 591. The predicted octanol–water partition coefficient (Wildman–Crippen LogP) is 1.67. The van der Waals surface area contributed by atoms with Gasteiger partial charge in [0.05, 0.1) is 0 Å². The number of rotatable bonds is 5. The monoisotopic (exact) mass is 331 g/mol. The number of benzene rings is 1. The van der Waals surface area contributed by atoms with Crippen LogP contribution in [0, 0.1) is 0 Å². The molecule has 1 aliphatic heterocycles. The lowest BCUT2D eigenvalue weighted by molar-refractivity contribution is -0.116. The number of hydrogen-bond donors (Lipinski definition) is 4. The molecule has 0 aliphatic carbocycles. The van der Waals surface area contributed by atoms with Crippen LogP contribution >= 0.6 is 0 Å². The van der Waals surface area contributed by atoms with Gasteiger partial charge in [0.15, 0.2) is 5.96 Å². The Hall–Kier alpha value is -2.08. The van der Waals surface area contributed by atoms with Gasteiger partial charge in [-0.3, -0.25) is 9.79 Å². The van der Waals surface area contributed by atoms with Gasteiger partial charge in [-0.15, -0.1) is 0 Å². The first-order valence-electron chi connectivity index (χ1n) is 8.47. The van der Waals surface area contributed by atoms with Crippen LogP contribution < -0.4 is 21.3 Å². The number of nitrogens with zero attached hydrogens (tertiary/aromatic N) is 1. The number of anilines is 1. The molecule has 132 valence electrons. The molecule has 0 saturated carbocycles. The molecule has 0 bridgehead atoms. The maximum absolute atomic E-state index is 11.9. The first kappa shape index (κ1) is 18.3. The van der Waals surface area contributed by atoms with E-state index in [4.69, 9.17) is 0 Å². The number of guanidine groups is 1. The van der Waals surface area contributed by atoms with E-state index in [0.717, 1.165) is 24.7 Å². The minimum Gasteiger partial charge on any atom is -0.356 e. The van der Waals surface area contributed by atoms with E-state index >= 15 is 0 Å². The van der Waals surface area contributed by atoms with E-state index in [1.807, 2.05) is 18.2 Å². The Balaban J connectivity index is 1.84. The summed E-state index contributed by atoms with van der Waals surface area (Å²) in [5.41, 5.74) is 2.20. The Morgan fingerprint density at radius 3 is 2.71 bits per heavy atom. The van der Waals surface area contributed by atoms with E-state index in [1.165, 1.54) is 5.56 Å². The van der Waals surface area contributed by atoms with Crippen LogP contribution in [0.25, 0.3) is 0 Å². The van der Waals surface area contributed by atoms with Crippen LogP contribution in [-0.4, -0.2) is 44.1 Å². The van der Waals surface area contributed by atoms with Gasteiger partial charge in [-0.2, -0.15) is 0 Å². The molecule has 0 fully saturated rings.